The fourth-order valence-electron chi connectivity index (χ4n) is 6.03. The molecular formula is C40H38O10. The first kappa shape index (κ1) is 34.5. The highest BCUT2D eigenvalue weighted by Gasteiger charge is 2.54. The molecule has 4 aromatic rings. The van der Waals surface area contributed by atoms with Crippen LogP contribution in [0.3, 0.4) is 0 Å². The van der Waals surface area contributed by atoms with E-state index < -0.39 is 61.2 Å². The first-order chi connectivity index (χ1) is 24.5. The normalized spacial score (nSPS) is 22.1. The molecule has 0 N–H and O–H groups in total. The largest absolute Gasteiger partial charge is 0.459 e. The molecule has 1 saturated carbocycles. The Labute approximate surface area is 290 Å². The Kier molecular flexibility index (Phi) is 11.7. The van der Waals surface area contributed by atoms with Gasteiger partial charge in [-0.3, -0.25) is 0 Å². The van der Waals surface area contributed by atoms with Gasteiger partial charge in [-0.15, -0.1) is 0 Å². The van der Waals surface area contributed by atoms with Crippen LogP contribution in [0.25, 0.3) is 0 Å². The fourth-order valence-corrected chi connectivity index (χ4v) is 6.03. The van der Waals surface area contributed by atoms with Gasteiger partial charge in [0.05, 0.1) is 28.4 Å². The van der Waals surface area contributed by atoms with Crippen molar-refractivity contribution in [2.24, 2.45) is 0 Å². The molecule has 10 heteroatoms. The van der Waals surface area contributed by atoms with Crippen LogP contribution in [0.15, 0.2) is 121 Å². The summed E-state index contributed by atoms with van der Waals surface area (Å²) < 4.78 is 36.9. The van der Waals surface area contributed by atoms with E-state index in [9.17, 15) is 19.2 Å². The van der Waals surface area contributed by atoms with Crippen LogP contribution < -0.4 is 0 Å². The molecule has 6 rings (SSSR count). The number of esters is 4. The topological polar surface area (TPSA) is 124 Å². The average molecular weight is 679 g/mol. The summed E-state index contributed by atoms with van der Waals surface area (Å²) in [6, 6.07) is 33.3. The fraction of sp³-hybridized carbons (Fsp3) is 0.300. The Bertz CT molecular complexity index is 1710. The lowest BCUT2D eigenvalue weighted by atomic mass is 9.96. The molecule has 0 amide bonds. The number of hydrogen-bond donors (Lipinski definition) is 0. The highest BCUT2D eigenvalue weighted by molar-refractivity contribution is 5.91. The molecule has 5 atom stereocenters. The Balaban J connectivity index is 1.38. The maximum absolute atomic E-state index is 13.7. The zero-order chi connectivity index (χ0) is 34.7. The van der Waals surface area contributed by atoms with Gasteiger partial charge in [-0.25, -0.2) is 19.2 Å². The number of benzene rings is 4. The van der Waals surface area contributed by atoms with Crippen molar-refractivity contribution in [1.82, 2.24) is 0 Å². The molecule has 0 spiro atoms. The van der Waals surface area contributed by atoms with Crippen LogP contribution in [0.4, 0.5) is 0 Å². The lowest BCUT2D eigenvalue weighted by Gasteiger charge is -2.45. The van der Waals surface area contributed by atoms with Gasteiger partial charge in [0.15, 0.2) is 24.6 Å². The van der Waals surface area contributed by atoms with E-state index in [0.717, 1.165) is 32.1 Å². The summed E-state index contributed by atoms with van der Waals surface area (Å²) in [5.74, 6) is -2.86. The predicted molar refractivity (Wildman–Crippen MR) is 180 cm³/mol. The third-order valence-electron chi connectivity index (χ3n) is 8.62. The quantitative estimate of drug-likeness (QED) is 0.127. The van der Waals surface area contributed by atoms with Gasteiger partial charge >= 0.3 is 23.9 Å². The zero-order valence-electron chi connectivity index (χ0n) is 27.3. The molecule has 50 heavy (non-hydrogen) atoms. The van der Waals surface area contributed by atoms with Gasteiger partial charge < -0.3 is 28.4 Å². The maximum atomic E-state index is 13.7. The van der Waals surface area contributed by atoms with Crippen LogP contribution in [0, 0.1) is 0 Å². The Hall–Kier alpha value is -5.32. The van der Waals surface area contributed by atoms with E-state index in [0.29, 0.717) is 5.56 Å². The molecule has 1 aliphatic carbocycles. The summed E-state index contributed by atoms with van der Waals surface area (Å²) in [7, 11) is 0. The molecular weight excluding hydrogens is 640 g/mol. The zero-order valence-corrected chi connectivity index (χ0v) is 27.3. The number of hydrogen-bond acceptors (Lipinski definition) is 10. The second-order valence-electron chi connectivity index (χ2n) is 12.1. The van der Waals surface area contributed by atoms with E-state index in [4.69, 9.17) is 28.4 Å². The van der Waals surface area contributed by atoms with Crippen molar-refractivity contribution in [3.05, 3.63) is 144 Å². The van der Waals surface area contributed by atoms with Crippen molar-refractivity contribution >= 4 is 23.9 Å². The van der Waals surface area contributed by atoms with E-state index >= 15 is 0 Å². The molecule has 0 aromatic heterocycles. The predicted octanol–water partition coefficient (Wildman–Crippen LogP) is 6.59. The minimum Gasteiger partial charge on any atom is -0.459 e. The van der Waals surface area contributed by atoms with Crippen LogP contribution in [0.5, 0.6) is 0 Å². The second-order valence-corrected chi connectivity index (χ2v) is 12.1. The van der Waals surface area contributed by atoms with E-state index in [1.807, 2.05) is 0 Å². The smallest absolute Gasteiger partial charge is 0.338 e. The molecule has 258 valence electrons. The summed E-state index contributed by atoms with van der Waals surface area (Å²) in [6.07, 6.45) is -2.51. The molecule has 1 heterocycles. The lowest BCUT2D eigenvalue weighted by molar-refractivity contribution is -0.310. The summed E-state index contributed by atoms with van der Waals surface area (Å²) in [5.41, 5.74) is 0.989. The molecule has 2 fully saturated rings. The van der Waals surface area contributed by atoms with Crippen molar-refractivity contribution in [3.8, 4) is 0 Å². The van der Waals surface area contributed by atoms with Gasteiger partial charge in [0.25, 0.3) is 0 Å². The number of rotatable bonds is 11. The van der Waals surface area contributed by atoms with Crippen molar-refractivity contribution in [2.45, 2.75) is 68.9 Å². The molecule has 0 radical (unpaired) electrons. The minimum absolute atomic E-state index is 0.220. The van der Waals surface area contributed by atoms with E-state index in [1.165, 1.54) is 0 Å². The molecule has 1 saturated heterocycles. The Morgan fingerprint density at radius 3 is 1.36 bits per heavy atom. The van der Waals surface area contributed by atoms with Crippen LogP contribution in [-0.4, -0.2) is 67.3 Å². The Morgan fingerprint density at radius 1 is 0.500 bits per heavy atom. The van der Waals surface area contributed by atoms with Crippen LogP contribution in [0.2, 0.25) is 0 Å². The standard InChI is InChI=1S/C40H38O10/c41-36(27-16-6-1-7-17-27)45-26-32-33(48-37(42)28-18-8-2-9-19-28)34(49-38(43)29-20-10-3-11-21-29)35(50-39(44)30-22-12-4-13-23-30)40(47-32)46-31-24-14-5-15-25-31/h1-4,6-13,16-23,31-35,40H,5,14-15,24-26H2/t32-,33-,34+,35-,40-/m1/s1. The summed E-state index contributed by atoms with van der Waals surface area (Å²) >= 11 is 0. The molecule has 4 aromatic carbocycles. The van der Waals surface area contributed by atoms with Gasteiger partial charge in [0.1, 0.15) is 12.7 Å². The van der Waals surface area contributed by atoms with Gasteiger partial charge in [-0.05, 0) is 61.4 Å². The van der Waals surface area contributed by atoms with Gasteiger partial charge in [0.2, 0.25) is 0 Å². The number of ether oxygens (including phenoxy) is 6. The van der Waals surface area contributed by atoms with Crippen LogP contribution in [-0.2, 0) is 28.4 Å². The van der Waals surface area contributed by atoms with Gasteiger partial charge in [-0.2, -0.15) is 0 Å². The minimum atomic E-state index is -1.44. The van der Waals surface area contributed by atoms with Crippen molar-refractivity contribution in [2.75, 3.05) is 6.61 Å². The van der Waals surface area contributed by atoms with Gasteiger partial charge in [-0.1, -0.05) is 92.1 Å². The lowest BCUT2D eigenvalue weighted by Crippen LogP contribution is -2.63. The third-order valence-corrected chi connectivity index (χ3v) is 8.62. The van der Waals surface area contributed by atoms with Gasteiger partial charge in [0, 0.05) is 0 Å². The maximum Gasteiger partial charge on any atom is 0.338 e. The third kappa shape index (κ3) is 8.82. The summed E-state index contributed by atoms with van der Waals surface area (Å²) in [6.45, 7) is -0.399. The number of carbonyl (C=O) groups is 4. The second kappa shape index (κ2) is 16.9. The van der Waals surface area contributed by atoms with Crippen molar-refractivity contribution in [3.63, 3.8) is 0 Å². The van der Waals surface area contributed by atoms with E-state index in [2.05, 4.69) is 0 Å². The average Bonchev–Trinajstić information content (AvgIpc) is 3.17. The molecule has 0 unspecified atom stereocenters. The van der Waals surface area contributed by atoms with Crippen LogP contribution >= 0.6 is 0 Å². The molecule has 1 aliphatic heterocycles. The molecule has 0 bridgehead atoms. The van der Waals surface area contributed by atoms with Crippen molar-refractivity contribution in [1.29, 1.82) is 0 Å². The van der Waals surface area contributed by atoms with Crippen LogP contribution in [0.1, 0.15) is 73.5 Å². The van der Waals surface area contributed by atoms with E-state index in [1.54, 1.807) is 121 Å². The molecule has 2 aliphatic rings. The SMILES string of the molecule is O=C(OC[C@H]1O[C@@H](OC2CCCCC2)[C@H](OC(=O)c2ccccc2)[C@@H](OC(=O)c2ccccc2)[C@@H]1OC(=O)c1ccccc1)c1ccccc1. The highest BCUT2D eigenvalue weighted by atomic mass is 16.7. The Morgan fingerprint density at radius 2 is 0.900 bits per heavy atom. The summed E-state index contributed by atoms with van der Waals surface area (Å²) in [4.78, 5) is 54.0. The summed E-state index contributed by atoms with van der Waals surface area (Å²) in [5, 5.41) is 0. The monoisotopic (exact) mass is 678 g/mol. The van der Waals surface area contributed by atoms with Crippen molar-refractivity contribution < 1.29 is 47.6 Å². The molecule has 10 nitrogen and oxygen atoms in total. The highest BCUT2D eigenvalue weighted by Crippen LogP contribution is 2.34. The first-order valence-electron chi connectivity index (χ1n) is 16.8. The number of carbonyl (C=O) groups excluding carboxylic acids is 4. The first-order valence-corrected chi connectivity index (χ1v) is 16.8. The van der Waals surface area contributed by atoms with E-state index in [-0.39, 0.29) is 22.8 Å².